The number of carbonyl (C=O) groups is 1. The van der Waals surface area contributed by atoms with Crippen LogP contribution in [0, 0.1) is 0 Å². The van der Waals surface area contributed by atoms with Crippen molar-refractivity contribution < 1.29 is 9.21 Å². The summed E-state index contributed by atoms with van der Waals surface area (Å²) in [4.78, 5) is 11.8. The zero-order valence-electron chi connectivity index (χ0n) is 9.31. The number of hydrogen-bond donors (Lipinski definition) is 1. The summed E-state index contributed by atoms with van der Waals surface area (Å²) in [6.45, 7) is 1.88. The Morgan fingerprint density at radius 3 is 2.71 bits per heavy atom. The molecular weight excluding hydrogens is 238 g/mol. The van der Waals surface area contributed by atoms with Crippen LogP contribution >= 0.6 is 11.6 Å². The molecule has 1 amide bonds. The third-order valence-corrected chi connectivity index (χ3v) is 2.81. The van der Waals surface area contributed by atoms with Gasteiger partial charge in [0.25, 0.3) is 5.91 Å². The van der Waals surface area contributed by atoms with E-state index in [1.165, 1.54) is 6.26 Å². The first-order valence-electron chi connectivity index (χ1n) is 5.27. The second-order valence-electron chi connectivity index (χ2n) is 3.69. The average Bonchev–Trinajstić information content (AvgIpc) is 2.82. The quantitative estimate of drug-likeness (QED) is 0.906. The van der Waals surface area contributed by atoms with E-state index in [9.17, 15) is 4.79 Å². The number of benzene rings is 1. The fourth-order valence-corrected chi connectivity index (χ4v) is 1.88. The lowest BCUT2D eigenvalue weighted by Crippen LogP contribution is -2.26. The van der Waals surface area contributed by atoms with E-state index in [2.05, 4.69) is 5.32 Å². The number of halogens is 1. The Kier molecular flexibility index (Phi) is 3.49. The van der Waals surface area contributed by atoms with Gasteiger partial charge in [0.1, 0.15) is 0 Å². The first-order chi connectivity index (χ1) is 8.18. The van der Waals surface area contributed by atoms with E-state index in [0.717, 1.165) is 5.56 Å². The monoisotopic (exact) mass is 249 g/mol. The summed E-state index contributed by atoms with van der Waals surface area (Å²) in [6, 6.07) is 10.6. The minimum atomic E-state index is -0.248. The highest BCUT2D eigenvalue weighted by Gasteiger charge is 2.14. The largest absolute Gasteiger partial charge is 0.459 e. The van der Waals surface area contributed by atoms with Crippen LogP contribution in [0.2, 0.25) is 5.02 Å². The van der Waals surface area contributed by atoms with Gasteiger partial charge in [0, 0.05) is 5.02 Å². The van der Waals surface area contributed by atoms with Gasteiger partial charge in [0.05, 0.1) is 12.3 Å². The Morgan fingerprint density at radius 1 is 1.29 bits per heavy atom. The average molecular weight is 250 g/mol. The molecule has 1 heterocycles. The molecule has 2 rings (SSSR count). The van der Waals surface area contributed by atoms with Gasteiger partial charge in [0.2, 0.25) is 0 Å². The Bertz CT molecular complexity index is 508. The van der Waals surface area contributed by atoms with E-state index < -0.39 is 0 Å². The van der Waals surface area contributed by atoms with Gasteiger partial charge in [-0.15, -0.1) is 0 Å². The predicted octanol–water partition coefficient (Wildman–Crippen LogP) is 3.42. The smallest absolute Gasteiger partial charge is 0.287 e. The summed E-state index contributed by atoms with van der Waals surface area (Å²) in [5.41, 5.74) is 0.883. The van der Waals surface area contributed by atoms with Crippen molar-refractivity contribution in [1.29, 1.82) is 0 Å². The van der Waals surface area contributed by atoms with Crippen molar-refractivity contribution >= 4 is 17.5 Å². The number of amides is 1. The van der Waals surface area contributed by atoms with Gasteiger partial charge in [-0.25, -0.2) is 0 Å². The fourth-order valence-electron chi connectivity index (χ4n) is 1.58. The van der Waals surface area contributed by atoms with Gasteiger partial charge in [-0.1, -0.05) is 29.8 Å². The summed E-state index contributed by atoms with van der Waals surface area (Å²) in [5, 5.41) is 3.46. The Balaban J connectivity index is 2.10. The normalized spacial score (nSPS) is 12.1. The van der Waals surface area contributed by atoms with Crippen molar-refractivity contribution in [3.63, 3.8) is 0 Å². The van der Waals surface area contributed by atoms with Gasteiger partial charge in [-0.2, -0.15) is 0 Å². The van der Waals surface area contributed by atoms with Gasteiger partial charge in [-0.05, 0) is 30.7 Å². The Labute approximate surface area is 104 Å². The number of nitrogens with one attached hydrogen (secondary N) is 1. The maximum absolute atomic E-state index is 11.8. The maximum Gasteiger partial charge on any atom is 0.287 e. The number of rotatable bonds is 3. The molecule has 3 nitrogen and oxygen atoms in total. The van der Waals surface area contributed by atoms with E-state index in [0.29, 0.717) is 10.8 Å². The molecule has 4 heteroatoms. The molecule has 0 bridgehead atoms. The highest BCUT2D eigenvalue weighted by Crippen LogP contribution is 2.22. The molecule has 1 aromatic carbocycles. The van der Waals surface area contributed by atoms with Crippen LogP contribution in [0.15, 0.2) is 47.1 Å². The first kappa shape index (κ1) is 11.7. The zero-order valence-corrected chi connectivity index (χ0v) is 10.1. The van der Waals surface area contributed by atoms with Gasteiger partial charge < -0.3 is 9.73 Å². The summed E-state index contributed by atoms with van der Waals surface area (Å²) < 4.78 is 5.02. The van der Waals surface area contributed by atoms with E-state index >= 15 is 0 Å². The molecule has 0 radical (unpaired) electrons. The van der Waals surface area contributed by atoms with Crippen LogP contribution in [0.25, 0.3) is 0 Å². The van der Waals surface area contributed by atoms with Crippen molar-refractivity contribution in [3.05, 3.63) is 59.0 Å². The Hall–Kier alpha value is -1.74. The van der Waals surface area contributed by atoms with Crippen molar-refractivity contribution in [2.75, 3.05) is 0 Å². The fraction of sp³-hybridized carbons (Fsp3) is 0.154. The highest BCUT2D eigenvalue weighted by atomic mass is 35.5. The predicted molar refractivity (Wildman–Crippen MR) is 66.0 cm³/mol. The molecule has 1 N–H and O–H groups in total. The second-order valence-corrected chi connectivity index (χ2v) is 4.10. The molecule has 0 saturated heterocycles. The third kappa shape index (κ3) is 2.68. The van der Waals surface area contributed by atoms with E-state index in [4.69, 9.17) is 16.0 Å². The standard InChI is InChI=1S/C13H12ClNO2/c1-9(10-5-2-3-6-11(10)14)15-13(16)12-7-4-8-17-12/h2-9H,1H3,(H,15,16)/t9-/m0/s1. The van der Waals surface area contributed by atoms with E-state index in [1.807, 2.05) is 25.1 Å². The molecule has 17 heavy (non-hydrogen) atoms. The first-order valence-corrected chi connectivity index (χ1v) is 5.65. The minimum Gasteiger partial charge on any atom is -0.459 e. The number of furan rings is 1. The van der Waals surface area contributed by atoms with Crippen LogP contribution < -0.4 is 5.32 Å². The lowest BCUT2D eigenvalue weighted by atomic mass is 10.1. The van der Waals surface area contributed by atoms with Crippen LogP contribution in [0.4, 0.5) is 0 Å². The molecule has 1 aromatic heterocycles. The molecule has 0 aliphatic rings. The SMILES string of the molecule is C[C@H](NC(=O)c1ccco1)c1ccccc1Cl. The van der Waals surface area contributed by atoms with Crippen molar-refractivity contribution in [3.8, 4) is 0 Å². The summed E-state index contributed by atoms with van der Waals surface area (Å²) >= 11 is 6.05. The summed E-state index contributed by atoms with van der Waals surface area (Å²) in [7, 11) is 0. The molecule has 0 unspecified atom stereocenters. The van der Waals surface area contributed by atoms with Crippen LogP contribution in [-0.2, 0) is 0 Å². The molecule has 0 saturated carbocycles. The second kappa shape index (κ2) is 5.06. The van der Waals surface area contributed by atoms with Gasteiger partial charge >= 0.3 is 0 Å². The van der Waals surface area contributed by atoms with Crippen LogP contribution in [-0.4, -0.2) is 5.91 Å². The van der Waals surface area contributed by atoms with Gasteiger partial charge in [-0.3, -0.25) is 4.79 Å². The van der Waals surface area contributed by atoms with Crippen LogP contribution in [0.3, 0.4) is 0 Å². The molecule has 0 aliphatic heterocycles. The van der Waals surface area contributed by atoms with Crippen LogP contribution in [0.5, 0.6) is 0 Å². The molecule has 0 fully saturated rings. The van der Waals surface area contributed by atoms with Crippen LogP contribution in [0.1, 0.15) is 29.1 Å². The highest BCUT2D eigenvalue weighted by molar-refractivity contribution is 6.31. The summed E-state index contributed by atoms with van der Waals surface area (Å²) in [5.74, 6) is 0.0475. The molecule has 0 spiro atoms. The zero-order chi connectivity index (χ0) is 12.3. The van der Waals surface area contributed by atoms with Crippen molar-refractivity contribution in [2.24, 2.45) is 0 Å². The molecular formula is C13H12ClNO2. The lowest BCUT2D eigenvalue weighted by molar-refractivity contribution is 0.0912. The molecule has 0 aliphatic carbocycles. The molecule has 1 atom stereocenters. The van der Waals surface area contributed by atoms with Crippen molar-refractivity contribution in [1.82, 2.24) is 5.32 Å². The summed E-state index contributed by atoms with van der Waals surface area (Å²) in [6.07, 6.45) is 1.47. The minimum absolute atomic E-state index is 0.165. The Morgan fingerprint density at radius 2 is 2.06 bits per heavy atom. The van der Waals surface area contributed by atoms with E-state index in [1.54, 1.807) is 18.2 Å². The third-order valence-electron chi connectivity index (χ3n) is 2.46. The van der Waals surface area contributed by atoms with E-state index in [-0.39, 0.29) is 11.9 Å². The molecule has 2 aromatic rings. The topological polar surface area (TPSA) is 42.2 Å². The molecule has 88 valence electrons. The van der Waals surface area contributed by atoms with Crippen molar-refractivity contribution in [2.45, 2.75) is 13.0 Å². The number of carbonyl (C=O) groups excluding carboxylic acids is 1. The lowest BCUT2D eigenvalue weighted by Gasteiger charge is -2.14. The maximum atomic E-state index is 11.8. The van der Waals surface area contributed by atoms with Gasteiger partial charge in [0.15, 0.2) is 5.76 Å². The number of hydrogen-bond acceptors (Lipinski definition) is 2.